The van der Waals surface area contributed by atoms with Crippen LogP contribution in [0.15, 0.2) is 65.9 Å². The van der Waals surface area contributed by atoms with E-state index < -0.39 is 0 Å². The van der Waals surface area contributed by atoms with Crippen LogP contribution in [0, 0.1) is 23.7 Å². The van der Waals surface area contributed by atoms with Crippen molar-refractivity contribution >= 4 is 11.4 Å². The number of hydrogen-bond acceptors (Lipinski definition) is 6. The van der Waals surface area contributed by atoms with Crippen LogP contribution in [0.3, 0.4) is 0 Å². The maximum atomic E-state index is 11.0. The Balaban J connectivity index is 1.03. The van der Waals surface area contributed by atoms with E-state index in [1.165, 1.54) is 52.1 Å². The first kappa shape index (κ1) is 26.4. The highest BCUT2D eigenvalue weighted by atomic mass is 16.3. The predicted molar refractivity (Wildman–Crippen MR) is 174 cm³/mol. The van der Waals surface area contributed by atoms with Crippen molar-refractivity contribution in [3.63, 3.8) is 0 Å². The van der Waals surface area contributed by atoms with E-state index in [2.05, 4.69) is 89.0 Å². The largest absolute Gasteiger partial charge is 0.396 e. The Morgan fingerprint density at radius 1 is 0.886 bits per heavy atom. The fraction of sp³-hybridized carbons (Fsp3) is 0.579. The Kier molecular flexibility index (Phi) is 5.36. The lowest BCUT2D eigenvalue weighted by molar-refractivity contribution is 0.0298. The minimum atomic E-state index is 0.0762. The molecule has 4 N–H and O–H groups in total. The van der Waals surface area contributed by atoms with Crippen molar-refractivity contribution in [2.75, 3.05) is 43.5 Å². The Hall–Kier alpha value is -2.80. The van der Waals surface area contributed by atoms with Gasteiger partial charge in [-0.15, -0.1) is 0 Å². The topological polar surface area (TPSA) is 71.0 Å². The maximum Gasteiger partial charge on any atom is 0.0484 e. The zero-order chi connectivity index (χ0) is 29.5. The van der Waals surface area contributed by atoms with Crippen LogP contribution in [0.5, 0.6) is 0 Å². The molecule has 0 amide bonds. The molecule has 0 aromatic heterocycles. The predicted octanol–water partition coefficient (Wildman–Crippen LogP) is 4.82. The van der Waals surface area contributed by atoms with Crippen molar-refractivity contribution in [2.24, 2.45) is 23.7 Å². The van der Waals surface area contributed by atoms with Crippen LogP contribution in [0.4, 0.5) is 11.4 Å². The number of rotatable bonds is 4. The normalized spacial score (nSPS) is 43.5. The molecule has 2 aromatic rings. The van der Waals surface area contributed by atoms with Crippen LogP contribution >= 0.6 is 0 Å². The Bertz CT molecular complexity index is 1620. The van der Waals surface area contributed by atoms with E-state index in [1.807, 2.05) is 0 Å². The summed E-state index contributed by atoms with van der Waals surface area (Å²) in [6.07, 6.45) is 9.49. The first-order valence-corrected chi connectivity index (χ1v) is 17.4. The molecule has 11 atom stereocenters. The zero-order valence-corrected chi connectivity index (χ0v) is 26.0. The quantitative estimate of drug-likeness (QED) is 0.383. The number of allylic oxidation sites excluding steroid dienone is 2. The van der Waals surface area contributed by atoms with E-state index in [-0.39, 0.29) is 53.9 Å². The summed E-state index contributed by atoms with van der Waals surface area (Å²) in [6, 6.07) is 17.9. The second-order valence-corrected chi connectivity index (χ2v) is 15.5. The van der Waals surface area contributed by atoms with Crippen LogP contribution < -0.4 is 10.6 Å². The first-order chi connectivity index (χ1) is 21.5. The summed E-state index contributed by atoms with van der Waals surface area (Å²) in [7, 11) is 0. The molecule has 6 heterocycles. The molecular formula is C38H46N4O2. The van der Waals surface area contributed by atoms with Gasteiger partial charge in [0.2, 0.25) is 0 Å². The summed E-state index contributed by atoms with van der Waals surface area (Å²) in [5.74, 6) is 1.61. The fourth-order valence-corrected chi connectivity index (χ4v) is 12.7. The van der Waals surface area contributed by atoms with Crippen molar-refractivity contribution in [1.29, 1.82) is 0 Å². The number of piperidine rings is 1. The number of benzene rings is 2. The standard InChI is InChI=1S/C38H46N4O2/c1-3-22-17-41-12-11-38-30-14-23(8-9-32(30)40-35(38)27(19-43)24(22)15-33(38)41)21(2)26-18-42-13-10-37-29-6-4-5-7-31(29)39-36(37)28(20-44)25(26)16-34(37)42/h3-9,14,18,21,24-25,27-28,33-36,39-40,43-44H,10-13,15-17,19-20H2,1-2H3. The molecule has 5 fully saturated rings. The fourth-order valence-electron chi connectivity index (χ4n) is 12.7. The molecule has 230 valence electrons. The van der Waals surface area contributed by atoms with Gasteiger partial charge in [-0.3, -0.25) is 4.90 Å². The highest BCUT2D eigenvalue weighted by Crippen LogP contribution is 2.64. The molecule has 44 heavy (non-hydrogen) atoms. The zero-order valence-electron chi connectivity index (χ0n) is 26.0. The van der Waals surface area contributed by atoms with Gasteiger partial charge < -0.3 is 25.7 Å². The molecule has 6 aliphatic heterocycles. The highest BCUT2D eigenvalue weighted by molar-refractivity contribution is 5.67. The first-order valence-electron chi connectivity index (χ1n) is 17.4. The number of hydrogen-bond donors (Lipinski definition) is 4. The Morgan fingerprint density at radius 2 is 1.59 bits per heavy atom. The smallest absolute Gasteiger partial charge is 0.0484 e. The Labute approximate surface area is 261 Å². The minimum absolute atomic E-state index is 0.0762. The molecule has 2 aromatic carbocycles. The van der Waals surface area contributed by atoms with E-state index in [0.29, 0.717) is 23.9 Å². The lowest BCUT2D eigenvalue weighted by atomic mass is 9.55. The molecular weight excluding hydrogens is 544 g/mol. The number of aliphatic hydroxyl groups is 2. The molecule has 6 heteroatoms. The molecule has 4 bridgehead atoms. The molecule has 2 saturated carbocycles. The van der Waals surface area contributed by atoms with Crippen molar-refractivity contribution in [1.82, 2.24) is 9.80 Å². The molecule has 0 radical (unpaired) electrons. The summed E-state index contributed by atoms with van der Waals surface area (Å²) in [4.78, 5) is 5.43. The van der Waals surface area contributed by atoms with Gasteiger partial charge >= 0.3 is 0 Å². The van der Waals surface area contributed by atoms with E-state index >= 15 is 0 Å². The van der Waals surface area contributed by atoms with E-state index in [0.717, 1.165) is 32.5 Å². The SMILES string of the molecule is CC=C1CN2CCC34c5cc(C(C)C6=CN7CCC89c%10ccccc%10NC8C(CO)C6CC79)ccc5NC3C(CO)C1CC24. The van der Waals surface area contributed by atoms with Gasteiger partial charge in [0, 0.05) is 90.4 Å². The maximum absolute atomic E-state index is 11.0. The van der Waals surface area contributed by atoms with E-state index in [1.54, 1.807) is 0 Å². The monoisotopic (exact) mass is 590 g/mol. The van der Waals surface area contributed by atoms with E-state index in [4.69, 9.17) is 0 Å². The third-order valence-electron chi connectivity index (χ3n) is 14.6. The van der Waals surface area contributed by atoms with Crippen LogP contribution in [0.25, 0.3) is 0 Å². The average molecular weight is 591 g/mol. The summed E-state index contributed by atoms with van der Waals surface area (Å²) in [6.45, 7) is 8.38. The molecule has 2 spiro atoms. The lowest BCUT2D eigenvalue weighted by Gasteiger charge is -2.55. The summed E-state index contributed by atoms with van der Waals surface area (Å²) < 4.78 is 0. The van der Waals surface area contributed by atoms with Crippen LogP contribution in [-0.4, -0.2) is 77.0 Å². The molecule has 10 rings (SSSR count). The molecule has 11 unspecified atom stereocenters. The number of nitrogens with one attached hydrogen (secondary N) is 2. The van der Waals surface area contributed by atoms with Crippen LogP contribution in [-0.2, 0) is 10.8 Å². The minimum Gasteiger partial charge on any atom is -0.396 e. The van der Waals surface area contributed by atoms with Gasteiger partial charge in [-0.1, -0.05) is 48.9 Å². The third-order valence-corrected chi connectivity index (χ3v) is 14.6. The van der Waals surface area contributed by atoms with Gasteiger partial charge in [0.15, 0.2) is 0 Å². The second-order valence-electron chi connectivity index (χ2n) is 15.5. The van der Waals surface area contributed by atoms with Gasteiger partial charge in [-0.2, -0.15) is 0 Å². The number of anilines is 2. The van der Waals surface area contributed by atoms with Gasteiger partial charge in [0.1, 0.15) is 0 Å². The van der Waals surface area contributed by atoms with Gasteiger partial charge in [-0.25, -0.2) is 0 Å². The van der Waals surface area contributed by atoms with Crippen molar-refractivity contribution < 1.29 is 10.2 Å². The molecule has 8 aliphatic rings. The average Bonchev–Trinajstić information content (AvgIpc) is 3.82. The summed E-state index contributed by atoms with van der Waals surface area (Å²) in [5, 5.41) is 29.7. The molecule has 3 saturated heterocycles. The summed E-state index contributed by atoms with van der Waals surface area (Å²) >= 11 is 0. The number of fused-ring (bicyclic) bond motifs is 4. The number of para-hydroxylation sites is 1. The third kappa shape index (κ3) is 2.95. The number of nitrogens with zero attached hydrogens (tertiary/aromatic N) is 2. The van der Waals surface area contributed by atoms with Crippen molar-refractivity contribution in [3.05, 3.63) is 82.6 Å². The van der Waals surface area contributed by atoms with E-state index in [9.17, 15) is 10.2 Å². The lowest BCUT2D eigenvalue weighted by Crippen LogP contribution is -2.62. The van der Waals surface area contributed by atoms with Gasteiger partial charge in [0.25, 0.3) is 0 Å². The van der Waals surface area contributed by atoms with Crippen LogP contribution in [0.2, 0.25) is 0 Å². The van der Waals surface area contributed by atoms with Gasteiger partial charge in [-0.05, 0) is 91.6 Å². The Morgan fingerprint density at radius 3 is 2.39 bits per heavy atom. The van der Waals surface area contributed by atoms with Gasteiger partial charge in [0.05, 0.1) is 0 Å². The molecule has 2 aliphatic carbocycles. The second kappa shape index (κ2) is 8.92. The van der Waals surface area contributed by atoms with Crippen LogP contribution in [0.1, 0.15) is 62.1 Å². The number of aliphatic hydroxyl groups excluding tert-OH is 2. The van der Waals surface area contributed by atoms with Crippen molar-refractivity contribution in [3.8, 4) is 0 Å². The highest BCUT2D eigenvalue weighted by Gasteiger charge is 2.66. The van der Waals surface area contributed by atoms with Crippen molar-refractivity contribution in [2.45, 2.75) is 80.4 Å². The summed E-state index contributed by atoms with van der Waals surface area (Å²) in [5.41, 5.74) is 10.2. The molecule has 6 nitrogen and oxygen atoms in total.